The van der Waals surface area contributed by atoms with Crippen LogP contribution in [0.25, 0.3) is 0 Å². The maximum absolute atomic E-state index is 14.0. The maximum Gasteiger partial charge on any atom is 0.264 e. The molecular formula is C32H31ClN2O3S. The quantitative estimate of drug-likeness (QED) is 0.252. The van der Waals surface area contributed by atoms with E-state index in [1.54, 1.807) is 72.8 Å². The van der Waals surface area contributed by atoms with Crippen molar-refractivity contribution in [1.82, 2.24) is 5.32 Å². The first-order valence-electron chi connectivity index (χ1n) is 13.1. The van der Waals surface area contributed by atoms with Crippen molar-refractivity contribution in [3.8, 4) is 0 Å². The lowest BCUT2D eigenvalue weighted by Gasteiger charge is -2.27. The number of anilines is 1. The molecule has 5 rings (SSSR count). The molecule has 1 N–H and O–H groups in total. The zero-order valence-corrected chi connectivity index (χ0v) is 23.6. The summed E-state index contributed by atoms with van der Waals surface area (Å²) in [4.78, 5) is 13.8. The van der Waals surface area contributed by atoms with Gasteiger partial charge in [0, 0.05) is 5.02 Å². The molecule has 0 unspecified atom stereocenters. The van der Waals surface area contributed by atoms with Crippen LogP contribution in [0.2, 0.25) is 5.02 Å². The third kappa shape index (κ3) is 5.87. The van der Waals surface area contributed by atoms with Gasteiger partial charge in [-0.05, 0) is 91.8 Å². The molecule has 7 heteroatoms. The van der Waals surface area contributed by atoms with Gasteiger partial charge in [0.15, 0.2) is 0 Å². The van der Waals surface area contributed by atoms with Crippen molar-refractivity contribution in [2.24, 2.45) is 0 Å². The smallest absolute Gasteiger partial charge is 0.264 e. The molecule has 1 atom stereocenters. The molecule has 1 aliphatic rings. The van der Waals surface area contributed by atoms with Crippen LogP contribution in [0.4, 0.5) is 5.69 Å². The van der Waals surface area contributed by atoms with E-state index in [4.69, 9.17) is 11.6 Å². The standard InChI is InChI=1S/C32H31ClN2O3S/c1-22-10-18-29(19-11-22)39(37,38)35(21-24-12-16-28(33)17-13-24)31-9-4-3-8-30(31)32(36)34-23(2)26-15-14-25-6-5-7-27(25)20-26/h3-4,8-20,23H,5-7,21H2,1-2H3,(H,34,36)/t23-/m0/s1. The van der Waals surface area contributed by atoms with Gasteiger partial charge in [-0.1, -0.05) is 71.8 Å². The number of aryl methyl sites for hydroxylation is 3. The number of amides is 1. The summed E-state index contributed by atoms with van der Waals surface area (Å²) in [5, 5.41) is 3.65. The summed E-state index contributed by atoms with van der Waals surface area (Å²) in [6, 6.07) is 26.7. The molecule has 0 bridgehead atoms. The molecule has 0 fully saturated rings. The molecule has 5 nitrogen and oxygen atoms in total. The van der Waals surface area contributed by atoms with Crippen molar-refractivity contribution >= 4 is 33.2 Å². The monoisotopic (exact) mass is 558 g/mol. The van der Waals surface area contributed by atoms with Gasteiger partial charge in [-0.2, -0.15) is 0 Å². The highest BCUT2D eigenvalue weighted by Gasteiger charge is 2.29. The molecule has 0 saturated heterocycles. The summed E-state index contributed by atoms with van der Waals surface area (Å²) in [7, 11) is -4.00. The molecule has 0 aliphatic heterocycles. The van der Waals surface area contributed by atoms with Crippen LogP contribution < -0.4 is 9.62 Å². The number of hydrogen-bond acceptors (Lipinski definition) is 3. The van der Waals surface area contributed by atoms with Crippen molar-refractivity contribution in [1.29, 1.82) is 0 Å². The van der Waals surface area contributed by atoms with Gasteiger partial charge in [0.25, 0.3) is 15.9 Å². The van der Waals surface area contributed by atoms with Gasteiger partial charge in [0.2, 0.25) is 0 Å². The van der Waals surface area contributed by atoms with E-state index in [2.05, 4.69) is 23.5 Å². The van der Waals surface area contributed by atoms with Crippen molar-refractivity contribution in [2.75, 3.05) is 4.31 Å². The van der Waals surface area contributed by atoms with E-state index in [0.717, 1.165) is 36.0 Å². The second-order valence-corrected chi connectivity index (χ2v) is 12.3. The van der Waals surface area contributed by atoms with Gasteiger partial charge >= 0.3 is 0 Å². The zero-order chi connectivity index (χ0) is 27.6. The Labute approximate surface area is 235 Å². The van der Waals surface area contributed by atoms with Crippen molar-refractivity contribution in [2.45, 2.75) is 50.6 Å². The van der Waals surface area contributed by atoms with Crippen molar-refractivity contribution in [3.63, 3.8) is 0 Å². The third-order valence-corrected chi connectivity index (χ3v) is 9.26. The Morgan fingerprint density at radius 3 is 2.36 bits per heavy atom. The van der Waals surface area contributed by atoms with Crippen LogP contribution in [-0.4, -0.2) is 14.3 Å². The number of rotatable bonds is 8. The lowest BCUT2D eigenvalue weighted by atomic mass is 10.0. The average Bonchev–Trinajstić information content (AvgIpc) is 3.41. The Balaban J connectivity index is 1.50. The fourth-order valence-corrected chi connectivity index (χ4v) is 6.59. The maximum atomic E-state index is 14.0. The number of nitrogens with zero attached hydrogens (tertiary/aromatic N) is 1. The second kappa shape index (κ2) is 11.2. The molecule has 0 radical (unpaired) electrons. The van der Waals surface area contributed by atoms with Crippen LogP contribution in [0.15, 0.2) is 95.9 Å². The Bertz CT molecular complexity index is 1600. The Morgan fingerprint density at radius 2 is 1.62 bits per heavy atom. The minimum Gasteiger partial charge on any atom is -0.345 e. The highest BCUT2D eigenvalue weighted by Crippen LogP contribution is 2.31. The topological polar surface area (TPSA) is 66.5 Å². The van der Waals surface area contributed by atoms with E-state index >= 15 is 0 Å². The normalized spacial score (nSPS) is 13.5. The zero-order valence-electron chi connectivity index (χ0n) is 22.0. The number of carbonyl (C=O) groups excluding carboxylic acids is 1. The number of benzene rings is 4. The van der Waals surface area contributed by atoms with Crippen molar-refractivity contribution in [3.05, 3.63) is 129 Å². The van der Waals surface area contributed by atoms with E-state index in [1.807, 2.05) is 13.8 Å². The van der Waals surface area contributed by atoms with E-state index in [-0.39, 0.29) is 29.0 Å². The summed E-state index contributed by atoms with van der Waals surface area (Å²) >= 11 is 6.08. The van der Waals surface area contributed by atoms with Gasteiger partial charge in [-0.3, -0.25) is 9.10 Å². The molecule has 0 spiro atoms. The molecule has 4 aromatic carbocycles. The number of carbonyl (C=O) groups is 1. The van der Waals surface area contributed by atoms with Crippen LogP contribution in [-0.2, 0) is 29.4 Å². The van der Waals surface area contributed by atoms with Crippen LogP contribution in [0.1, 0.15) is 57.6 Å². The number of halogens is 1. The van der Waals surface area contributed by atoms with Crippen molar-refractivity contribution < 1.29 is 13.2 Å². The highest BCUT2D eigenvalue weighted by atomic mass is 35.5. The van der Waals surface area contributed by atoms with E-state index in [0.29, 0.717) is 10.7 Å². The first-order valence-corrected chi connectivity index (χ1v) is 14.9. The second-order valence-electron chi connectivity index (χ2n) is 10.0. The Morgan fingerprint density at radius 1 is 0.923 bits per heavy atom. The van der Waals surface area contributed by atoms with Gasteiger partial charge < -0.3 is 5.32 Å². The van der Waals surface area contributed by atoms with E-state index in [9.17, 15) is 13.2 Å². The van der Waals surface area contributed by atoms with Crippen LogP contribution in [0.3, 0.4) is 0 Å². The Hall–Kier alpha value is -3.61. The molecule has 1 amide bonds. The number of fused-ring (bicyclic) bond motifs is 1. The number of sulfonamides is 1. The van der Waals surface area contributed by atoms with E-state index < -0.39 is 10.0 Å². The SMILES string of the molecule is Cc1ccc(S(=O)(=O)N(Cc2ccc(Cl)cc2)c2ccccc2C(=O)N[C@@H](C)c2ccc3c(c2)CCC3)cc1. The predicted molar refractivity (Wildman–Crippen MR) is 157 cm³/mol. The van der Waals surface area contributed by atoms with Gasteiger partial charge in [0.1, 0.15) is 0 Å². The largest absolute Gasteiger partial charge is 0.345 e. The molecule has 200 valence electrons. The molecule has 0 aromatic heterocycles. The van der Waals surface area contributed by atoms with E-state index in [1.165, 1.54) is 15.4 Å². The minimum absolute atomic E-state index is 0.0397. The molecule has 0 saturated carbocycles. The highest BCUT2D eigenvalue weighted by molar-refractivity contribution is 7.92. The summed E-state index contributed by atoms with van der Waals surface area (Å²) in [6.45, 7) is 3.90. The lowest BCUT2D eigenvalue weighted by Crippen LogP contribution is -2.34. The predicted octanol–water partition coefficient (Wildman–Crippen LogP) is 7.02. The average molecular weight is 559 g/mol. The number of hydrogen-bond donors (Lipinski definition) is 1. The molecule has 4 aromatic rings. The number of nitrogens with one attached hydrogen (secondary N) is 1. The summed E-state index contributed by atoms with van der Waals surface area (Å²) in [5.41, 5.74) is 6.05. The van der Waals surface area contributed by atoms with Crippen LogP contribution in [0, 0.1) is 6.92 Å². The lowest BCUT2D eigenvalue weighted by molar-refractivity contribution is 0.0940. The number of para-hydroxylation sites is 1. The summed E-state index contributed by atoms with van der Waals surface area (Å²) < 4.78 is 29.3. The first-order chi connectivity index (χ1) is 18.7. The minimum atomic E-state index is -4.00. The fraction of sp³-hybridized carbons (Fsp3) is 0.219. The van der Waals surface area contributed by atoms with Gasteiger partial charge in [-0.15, -0.1) is 0 Å². The molecule has 39 heavy (non-hydrogen) atoms. The van der Waals surface area contributed by atoms with Gasteiger partial charge in [0.05, 0.1) is 28.7 Å². The first kappa shape index (κ1) is 27.0. The third-order valence-electron chi connectivity index (χ3n) is 7.24. The fourth-order valence-electron chi connectivity index (χ4n) is 4.99. The van der Waals surface area contributed by atoms with Gasteiger partial charge in [-0.25, -0.2) is 8.42 Å². The molecule has 0 heterocycles. The summed E-state index contributed by atoms with van der Waals surface area (Å²) in [6.07, 6.45) is 3.32. The summed E-state index contributed by atoms with van der Waals surface area (Å²) in [5.74, 6) is -0.334. The Kier molecular flexibility index (Phi) is 7.78. The molecular weight excluding hydrogens is 528 g/mol. The molecule has 1 aliphatic carbocycles. The van der Waals surface area contributed by atoms with Crippen LogP contribution in [0.5, 0.6) is 0 Å². The van der Waals surface area contributed by atoms with Crippen LogP contribution >= 0.6 is 11.6 Å².